The van der Waals surface area contributed by atoms with E-state index in [1.165, 1.54) is 37.7 Å². The fourth-order valence-corrected chi connectivity index (χ4v) is 4.65. The van der Waals surface area contributed by atoms with Crippen molar-refractivity contribution >= 4 is 28.3 Å². The largest absolute Gasteiger partial charge is 0.496 e. The zero-order chi connectivity index (χ0) is 24.2. The van der Waals surface area contributed by atoms with E-state index in [4.69, 9.17) is 14.5 Å². The molecule has 0 aliphatic rings. The molecule has 0 aliphatic carbocycles. The van der Waals surface area contributed by atoms with Crippen LogP contribution in [0.2, 0.25) is 0 Å². The van der Waals surface area contributed by atoms with Crippen molar-refractivity contribution in [1.29, 1.82) is 0 Å². The average molecular weight is 474 g/mol. The molecule has 4 aromatic rings. The standard InChI is InChI=1S/C26H23N3O4S/c1-15-11-16(2)13-19(12-15)22-23(17-7-9-27-10-8-17)34-26(28-22)29-24(30)18-5-6-20(25(31)33-4)21(14-18)32-3/h5-14H,1-4H3,(H,28,29,30). The van der Waals surface area contributed by atoms with E-state index in [0.29, 0.717) is 10.7 Å². The Morgan fingerprint density at radius 2 is 1.62 bits per heavy atom. The van der Waals surface area contributed by atoms with Crippen molar-refractivity contribution in [2.24, 2.45) is 0 Å². The summed E-state index contributed by atoms with van der Waals surface area (Å²) in [5.74, 6) is -0.646. The topological polar surface area (TPSA) is 90.4 Å². The lowest BCUT2D eigenvalue weighted by Gasteiger charge is -2.09. The summed E-state index contributed by atoms with van der Waals surface area (Å²) in [6.45, 7) is 4.09. The van der Waals surface area contributed by atoms with Crippen LogP contribution in [0.25, 0.3) is 21.7 Å². The quantitative estimate of drug-likeness (QED) is 0.370. The van der Waals surface area contributed by atoms with Crippen LogP contribution in [0.4, 0.5) is 5.13 Å². The maximum Gasteiger partial charge on any atom is 0.341 e. The maximum atomic E-state index is 13.0. The van der Waals surface area contributed by atoms with Crippen molar-refractivity contribution in [2.45, 2.75) is 13.8 Å². The van der Waals surface area contributed by atoms with Crippen LogP contribution >= 0.6 is 11.3 Å². The molecule has 0 spiro atoms. The number of benzene rings is 2. The molecule has 0 saturated carbocycles. The van der Waals surface area contributed by atoms with Gasteiger partial charge in [0, 0.05) is 23.5 Å². The number of methoxy groups -OCH3 is 2. The molecule has 0 radical (unpaired) electrons. The summed E-state index contributed by atoms with van der Waals surface area (Å²) >= 11 is 1.39. The number of hydrogen-bond donors (Lipinski definition) is 1. The van der Waals surface area contributed by atoms with Gasteiger partial charge < -0.3 is 9.47 Å². The number of carbonyl (C=O) groups is 2. The molecular weight excluding hydrogens is 450 g/mol. The highest BCUT2D eigenvalue weighted by Crippen LogP contribution is 2.39. The van der Waals surface area contributed by atoms with Crippen molar-refractivity contribution in [1.82, 2.24) is 9.97 Å². The minimum atomic E-state index is -0.538. The summed E-state index contributed by atoms with van der Waals surface area (Å²) in [6, 6.07) is 14.7. The number of nitrogens with one attached hydrogen (secondary N) is 1. The lowest BCUT2D eigenvalue weighted by atomic mass is 10.0. The third kappa shape index (κ3) is 4.82. The number of aryl methyl sites for hydroxylation is 2. The Bertz CT molecular complexity index is 1350. The van der Waals surface area contributed by atoms with Crippen LogP contribution in [0.15, 0.2) is 60.9 Å². The van der Waals surface area contributed by atoms with Crippen LogP contribution in [-0.2, 0) is 4.74 Å². The van der Waals surface area contributed by atoms with E-state index in [-0.39, 0.29) is 17.2 Å². The van der Waals surface area contributed by atoms with Gasteiger partial charge in [-0.2, -0.15) is 0 Å². The Balaban J connectivity index is 1.71. The molecule has 0 unspecified atom stereocenters. The minimum Gasteiger partial charge on any atom is -0.496 e. The van der Waals surface area contributed by atoms with Gasteiger partial charge in [-0.25, -0.2) is 9.78 Å². The Morgan fingerprint density at radius 3 is 2.26 bits per heavy atom. The fraction of sp³-hybridized carbons (Fsp3) is 0.154. The van der Waals surface area contributed by atoms with Gasteiger partial charge in [0.25, 0.3) is 5.91 Å². The molecule has 34 heavy (non-hydrogen) atoms. The van der Waals surface area contributed by atoms with E-state index in [1.54, 1.807) is 18.5 Å². The van der Waals surface area contributed by atoms with Gasteiger partial charge in [-0.3, -0.25) is 15.1 Å². The maximum absolute atomic E-state index is 13.0. The normalized spacial score (nSPS) is 10.6. The molecule has 172 valence electrons. The Hall–Kier alpha value is -4.04. The highest BCUT2D eigenvalue weighted by Gasteiger charge is 2.19. The van der Waals surface area contributed by atoms with E-state index < -0.39 is 5.97 Å². The molecule has 0 fully saturated rings. The summed E-state index contributed by atoms with van der Waals surface area (Å²) in [7, 11) is 2.72. The van der Waals surface area contributed by atoms with Crippen molar-refractivity contribution in [2.75, 3.05) is 19.5 Å². The summed E-state index contributed by atoms with van der Waals surface area (Å²) in [4.78, 5) is 34.7. The lowest BCUT2D eigenvalue weighted by Crippen LogP contribution is -2.13. The van der Waals surface area contributed by atoms with Gasteiger partial charge in [-0.05, 0) is 61.9 Å². The van der Waals surface area contributed by atoms with Crippen LogP contribution in [-0.4, -0.2) is 36.1 Å². The van der Waals surface area contributed by atoms with E-state index in [9.17, 15) is 9.59 Å². The van der Waals surface area contributed by atoms with Gasteiger partial charge in [0.15, 0.2) is 5.13 Å². The van der Waals surface area contributed by atoms with Crippen molar-refractivity contribution in [3.8, 4) is 27.4 Å². The van der Waals surface area contributed by atoms with E-state index in [1.807, 2.05) is 26.0 Å². The van der Waals surface area contributed by atoms with Crippen LogP contribution in [0.1, 0.15) is 31.8 Å². The predicted octanol–water partition coefficient (Wildman–Crippen LogP) is 5.54. The summed E-state index contributed by atoms with van der Waals surface area (Å²) in [5.41, 5.74) is 5.57. The Morgan fingerprint density at radius 1 is 0.912 bits per heavy atom. The molecule has 2 heterocycles. The van der Waals surface area contributed by atoms with Crippen LogP contribution in [0.5, 0.6) is 5.75 Å². The number of hydrogen-bond acceptors (Lipinski definition) is 7. The number of pyridine rings is 1. The minimum absolute atomic E-state index is 0.243. The molecule has 0 bridgehead atoms. The third-order valence-corrected chi connectivity index (χ3v) is 6.17. The molecular formula is C26H23N3O4S. The van der Waals surface area contributed by atoms with Crippen molar-refractivity contribution in [3.63, 3.8) is 0 Å². The first-order chi connectivity index (χ1) is 16.4. The van der Waals surface area contributed by atoms with Crippen molar-refractivity contribution in [3.05, 3.63) is 83.2 Å². The Labute approximate surface area is 201 Å². The molecule has 4 rings (SSSR count). The third-order valence-electron chi connectivity index (χ3n) is 5.15. The smallest absolute Gasteiger partial charge is 0.341 e. The molecule has 0 saturated heterocycles. The van der Waals surface area contributed by atoms with Gasteiger partial charge in [0.1, 0.15) is 11.3 Å². The number of amides is 1. The van der Waals surface area contributed by atoms with Gasteiger partial charge in [-0.1, -0.05) is 28.5 Å². The molecule has 7 nitrogen and oxygen atoms in total. The number of anilines is 1. The Kier molecular flexibility index (Phi) is 6.70. The molecule has 2 aromatic carbocycles. The predicted molar refractivity (Wildman–Crippen MR) is 133 cm³/mol. The number of esters is 1. The molecule has 0 atom stereocenters. The first kappa shape index (κ1) is 23.1. The van der Waals surface area contributed by atoms with E-state index in [2.05, 4.69) is 28.5 Å². The molecule has 2 aromatic heterocycles. The zero-order valence-corrected chi connectivity index (χ0v) is 20.0. The van der Waals surface area contributed by atoms with E-state index >= 15 is 0 Å². The van der Waals surface area contributed by atoms with Crippen LogP contribution < -0.4 is 10.1 Å². The summed E-state index contributed by atoms with van der Waals surface area (Å²) < 4.78 is 10.0. The zero-order valence-electron chi connectivity index (χ0n) is 19.2. The fourth-order valence-electron chi connectivity index (χ4n) is 3.66. The molecule has 1 N–H and O–H groups in total. The molecule has 0 aliphatic heterocycles. The molecule has 1 amide bonds. The second-order valence-corrected chi connectivity index (χ2v) is 8.67. The first-order valence-electron chi connectivity index (χ1n) is 10.5. The van der Waals surface area contributed by atoms with Gasteiger partial charge >= 0.3 is 5.97 Å². The number of carbonyl (C=O) groups excluding carboxylic acids is 2. The number of ether oxygens (including phenoxy) is 2. The highest BCUT2D eigenvalue weighted by atomic mass is 32.1. The number of nitrogens with zero attached hydrogens (tertiary/aromatic N) is 2. The summed E-state index contributed by atoms with van der Waals surface area (Å²) in [5, 5.41) is 3.34. The molecule has 8 heteroatoms. The number of rotatable bonds is 6. The van der Waals surface area contributed by atoms with Gasteiger partial charge in [0.2, 0.25) is 0 Å². The van der Waals surface area contributed by atoms with Crippen LogP contribution in [0.3, 0.4) is 0 Å². The van der Waals surface area contributed by atoms with Crippen LogP contribution in [0, 0.1) is 13.8 Å². The second-order valence-electron chi connectivity index (χ2n) is 7.67. The lowest BCUT2D eigenvalue weighted by molar-refractivity contribution is 0.0596. The SMILES string of the molecule is COC(=O)c1ccc(C(=O)Nc2nc(-c3cc(C)cc(C)c3)c(-c3ccncc3)s2)cc1OC. The second kappa shape index (κ2) is 9.84. The van der Waals surface area contributed by atoms with Gasteiger partial charge in [-0.15, -0.1) is 0 Å². The van der Waals surface area contributed by atoms with Gasteiger partial charge in [0.05, 0.1) is 24.8 Å². The monoisotopic (exact) mass is 473 g/mol. The first-order valence-corrected chi connectivity index (χ1v) is 11.3. The number of aromatic nitrogens is 2. The average Bonchev–Trinajstić information content (AvgIpc) is 3.27. The summed E-state index contributed by atoms with van der Waals surface area (Å²) in [6.07, 6.45) is 3.46. The van der Waals surface area contributed by atoms with Crippen molar-refractivity contribution < 1.29 is 19.1 Å². The highest BCUT2D eigenvalue weighted by molar-refractivity contribution is 7.19. The van der Waals surface area contributed by atoms with E-state index in [0.717, 1.165) is 32.8 Å². The number of thiazole rings is 1.